The average molecular weight is 596 g/mol. The molecule has 0 radical (unpaired) electrons. The Labute approximate surface area is 251 Å². The van der Waals surface area contributed by atoms with Gasteiger partial charge >= 0.3 is 0 Å². The predicted octanol–water partition coefficient (Wildman–Crippen LogP) is 6.93. The standard InChI is InChI=1S/C33H42FN3O3S.CH4/c1-22(2)20-35-21-24-8-17-30-27(18-24)6-5-7-31(30)36-33(38)19-32(26-9-13-28(34)14-10-26)37-41(39,40)29-15-11-25(12-16-29)23(3)4;/h8-18,22-23,31-32,35,37H,5-7,19-21H2,1-4H3,(H,36,38);1H4/t31-,32-;/m1./s1. The Morgan fingerprint density at radius 2 is 1.62 bits per heavy atom. The zero-order chi connectivity index (χ0) is 29.6. The van der Waals surface area contributed by atoms with Gasteiger partial charge in [-0.1, -0.05) is 77.6 Å². The lowest BCUT2D eigenvalue weighted by molar-refractivity contribution is -0.122. The smallest absolute Gasteiger partial charge is 0.241 e. The van der Waals surface area contributed by atoms with E-state index in [1.807, 2.05) is 13.8 Å². The molecular weight excluding hydrogens is 549 g/mol. The van der Waals surface area contributed by atoms with Crippen LogP contribution >= 0.6 is 0 Å². The van der Waals surface area contributed by atoms with Crippen LogP contribution in [0.15, 0.2) is 71.6 Å². The van der Waals surface area contributed by atoms with Gasteiger partial charge < -0.3 is 10.6 Å². The first-order valence-corrected chi connectivity index (χ1v) is 16.0. The highest BCUT2D eigenvalue weighted by Gasteiger charge is 2.27. The highest BCUT2D eigenvalue weighted by Crippen LogP contribution is 2.31. The molecule has 6 nitrogen and oxygen atoms in total. The van der Waals surface area contributed by atoms with Gasteiger partial charge in [0.15, 0.2) is 0 Å². The Morgan fingerprint density at radius 3 is 2.26 bits per heavy atom. The third-order valence-electron chi connectivity index (χ3n) is 7.56. The molecule has 228 valence electrons. The summed E-state index contributed by atoms with van der Waals surface area (Å²) in [5.74, 6) is 0.161. The van der Waals surface area contributed by atoms with Crippen LogP contribution in [0.5, 0.6) is 0 Å². The van der Waals surface area contributed by atoms with Gasteiger partial charge in [-0.3, -0.25) is 4.79 Å². The van der Waals surface area contributed by atoms with E-state index in [0.29, 0.717) is 11.5 Å². The zero-order valence-electron chi connectivity index (χ0n) is 24.4. The van der Waals surface area contributed by atoms with E-state index in [1.54, 1.807) is 24.3 Å². The fourth-order valence-electron chi connectivity index (χ4n) is 5.28. The molecule has 8 heteroatoms. The molecule has 0 unspecified atom stereocenters. The van der Waals surface area contributed by atoms with Crippen LogP contribution in [0.25, 0.3) is 0 Å². The van der Waals surface area contributed by atoms with Crippen LogP contribution in [0.3, 0.4) is 0 Å². The summed E-state index contributed by atoms with van der Waals surface area (Å²) in [6.07, 6.45) is 2.63. The number of nitrogens with one attached hydrogen (secondary N) is 3. The molecule has 0 spiro atoms. The predicted molar refractivity (Wildman–Crippen MR) is 168 cm³/mol. The molecule has 0 heterocycles. The van der Waals surface area contributed by atoms with E-state index in [4.69, 9.17) is 0 Å². The van der Waals surface area contributed by atoms with Crippen LogP contribution in [0, 0.1) is 11.7 Å². The third-order valence-corrected chi connectivity index (χ3v) is 9.04. The Balaban J connectivity index is 0.00000484. The Hall–Kier alpha value is -3.07. The minimum atomic E-state index is -3.94. The van der Waals surface area contributed by atoms with Crippen molar-refractivity contribution in [2.75, 3.05) is 6.54 Å². The van der Waals surface area contributed by atoms with Gasteiger partial charge in [-0.15, -0.1) is 0 Å². The topological polar surface area (TPSA) is 87.3 Å². The number of rotatable bonds is 12. The monoisotopic (exact) mass is 595 g/mol. The largest absolute Gasteiger partial charge is 0.349 e. The van der Waals surface area contributed by atoms with Gasteiger partial charge in [-0.05, 0) is 89.7 Å². The van der Waals surface area contributed by atoms with Crippen LogP contribution in [0.1, 0.15) is 100 Å². The molecule has 1 amide bonds. The quantitative estimate of drug-likeness (QED) is 0.212. The van der Waals surface area contributed by atoms with Crippen LogP contribution < -0.4 is 15.4 Å². The second-order valence-electron chi connectivity index (χ2n) is 11.7. The summed E-state index contributed by atoms with van der Waals surface area (Å²) >= 11 is 0. The Bertz CT molecular complexity index is 1420. The third kappa shape index (κ3) is 8.96. The first-order chi connectivity index (χ1) is 19.5. The maximum atomic E-state index is 13.7. The van der Waals surface area contributed by atoms with Gasteiger partial charge in [0.05, 0.1) is 17.0 Å². The van der Waals surface area contributed by atoms with Crippen molar-refractivity contribution < 1.29 is 17.6 Å². The molecule has 3 N–H and O–H groups in total. The van der Waals surface area contributed by atoms with Gasteiger partial charge in [-0.25, -0.2) is 17.5 Å². The molecule has 2 atom stereocenters. The van der Waals surface area contributed by atoms with Crippen molar-refractivity contribution in [2.45, 2.75) is 90.2 Å². The molecule has 0 fully saturated rings. The normalized spacial score (nSPS) is 15.6. The number of benzene rings is 3. The van der Waals surface area contributed by atoms with Gasteiger partial charge in [0, 0.05) is 13.0 Å². The van der Waals surface area contributed by atoms with Gasteiger partial charge in [-0.2, -0.15) is 0 Å². The molecule has 0 aromatic heterocycles. The molecular formula is C34H46FN3O3S. The fourth-order valence-corrected chi connectivity index (χ4v) is 6.51. The minimum Gasteiger partial charge on any atom is -0.349 e. The zero-order valence-corrected chi connectivity index (χ0v) is 25.2. The maximum Gasteiger partial charge on any atom is 0.241 e. The number of sulfonamides is 1. The number of fused-ring (bicyclic) bond motifs is 1. The maximum absolute atomic E-state index is 13.7. The number of carbonyl (C=O) groups is 1. The second kappa shape index (κ2) is 14.9. The lowest BCUT2D eigenvalue weighted by Crippen LogP contribution is -2.36. The summed E-state index contributed by atoms with van der Waals surface area (Å²) in [6.45, 7) is 10.2. The second-order valence-corrected chi connectivity index (χ2v) is 13.4. The van der Waals surface area contributed by atoms with Crippen LogP contribution in [-0.4, -0.2) is 20.9 Å². The molecule has 1 aliphatic rings. The van der Waals surface area contributed by atoms with Crippen LogP contribution in [0.4, 0.5) is 4.39 Å². The van der Waals surface area contributed by atoms with E-state index in [1.165, 1.54) is 35.4 Å². The number of hydrogen-bond donors (Lipinski definition) is 3. The van der Waals surface area contributed by atoms with E-state index in [2.05, 4.69) is 47.4 Å². The summed E-state index contributed by atoms with van der Waals surface area (Å²) in [7, 11) is -3.94. The number of halogens is 1. The van der Waals surface area contributed by atoms with Crippen molar-refractivity contribution in [3.05, 3.63) is 100 Å². The lowest BCUT2D eigenvalue weighted by atomic mass is 9.86. The van der Waals surface area contributed by atoms with E-state index >= 15 is 0 Å². The summed E-state index contributed by atoms with van der Waals surface area (Å²) in [4.78, 5) is 13.5. The SMILES string of the molecule is C.CC(C)CNCc1ccc2c(c1)CCC[C@H]2NC(=O)C[C@@H](NS(=O)(=O)c1ccc(C(C)C)cc1)c1ccc(F)cc1. The summed E-state index contributed by atoms with van der Waals surface area (Å²) in [6, 6.07) is 17.8. The molecule has 0 aliphatic heterocycles. The molecule has 0 saturated heterocycles. The number of amides is 1. The van der Waals surface area contributed by atoms with E-state index < -0.39 is 21.9 Å². The van der Waals surface area contributed by atoms with Gasteiger partial charge in [0.2, 0.25) is 15.9 Å². The van der Waals surface area contributed by atoms with Crippen molar-refractivity contribution in [3.8, 4) is 0 Å². The van der Waals surface area contributed by atoms with Crippen molar-refractivity contribution in [1.82, 2.24) is 15.4 Å². The van der Waals surface area contributed by atoms with Crippen molar-refractivity contribution >= 4 is 15.9 Å². The molecule has 42 heavy (non-hydrogen) atoms. The molecule has 3 aromatic rings. The van der Waals surface area contributed by atoms with Gasteiger partial charge in [0.25, 0.3) is 0 Å². The fraction of sp³-hybridized carbons (Fsp3) is 0.441. The molecule has 0 saturated carbocycles. The minimum absolute atomic E-state index is 0. The van der Waals surface area contributed by atoms with Crippen LogP contribution in [0.2, 0.25) is 0 Å². The van der Waals surface area contributed by atoms with E-state index in [9.17, 15) is 17.6 Å². The molecule has 3 aromatic carbocycles. The Kier molecular flexibility index (Phi) is 11.9. The summed E-state index contributed by atoms with van der Waals surface area (Å²) < 4.78 is 43.0. The first kappa shape index (κ1) is 33.4. The Morgan fingerprint density at radius 1 is 0.952 bits per heavy atom. The van der Waals surface area contributed by atoms with E-state index in [0.717, 1.165) is 43.5 Å². The lowest BCUT2D eigenvalue weighted by Gasteiger charge is -2.28. The first-order valence-electron chi connectivity index (χ1n) is 14.5. The van der Waals surface area contributed by atoms with E-state index in [-0.39, 0.29) is 36.6 Å². The van der Waals surface area contributed by atoms with Crippen LogP contribution in [-0.2, 0) is 27.8 Å². The molecule has 4 rings (SSSR count). The highest BCUT2D eigenvalue weighted by molar-refractivity contribution is 7.89. The molecule has 0 bridgehead atoms. The average Bonchev–Trinajstić information content (AvgIpc) is 2.93. The number of hydrogen-bond acceptors (Lipinski definition) is 4. The highest BCUT2D eigenvalue weighted by atomic mass is 32.2. The number of carbonyl (C=O) groups excluding carboxylic acids is 1. The van der Waals surface area contributed by atoms with Crippen molar-refractivity contribution in [2.24, 2.45) is 5.92 Å². The van der Waals surface area contributed by atoms with Crippen molar-refractivity contribution in [1.29, 1.82) is 0 Å². The van der Waals surface area contributed by atoms with Crippen molar-refractivity contribution in [3.63, 3.8) is 0 Å². The van der Waals surface area contributed by atoms with Gasteiger partial charge in [0.1, 0.15) is 5.82 Å². The molecule has 1 aliphatic carbocycles. The summed E-state index contributed by atoms with van der Waals surface area (Å²) in [5, 5.41) is 6.63. The summed E-state index contributed by atoms with van der Waals surface area (Å²) in [5.41, 5.74) is 5.13. The number of aryl methyl sites for hydroxylation is 1.